The SMILES string of the molecule is O=C(Nc1ccc(Nc2ccccc2Br)cn1)C1CCCO1. The average Bonchev–Trinajstić information content (AvgIpc) is 3.06. The van der Waals surface area contributed by atoms with Crippen molar-refractivity contribution < 1.29 is 9.53 Å². The fourth-order valence-electron chi connectivity index (χ4n) is 2.25. The standard InChI is InChI=1S/C16H16BrN3O2/c17-12-4-1-2-5-13(12)19-11-7-8-15(18-10-11)20-16(21)14-6-3-9-22-14/h1-2,4-5,7-8,10,14,19H,3,6,9H2,(H,18,20,21). The van der Waals surface area contributed by atoms with Gasteiger partial charge in [-0.1, -0.05) is 12.1 Å². The van der Waals surface area contributed by atoms with Gasteiger partial charge in [-0.05, 0) is 53.0 Å². The van der Waals surface area contributed by atoms with Crippen LogP contribution in [-0.4, -0.2) is 23.6 Å². The molecule has 0 spiro atoms. The zero-order valence-corrected chi connectivity index (χ0v) is 13.5. The van der Waals surface area contributed by atoms with Crippen LogP contribution in [0.1, 0.15) is 12.8 Å². The second kappa shape index (κ2) is 6.89. The van der Waals surface area contributed by atoms with Crippen molar-refractivity contribution in [3.63, 3.8) is 0 Å². The molecule has 1 amide bonds. The highest BCUT2D eigenvalue weighted by molar-refractivity contribution is 9.10. The third-order valence-corrected chi connectivity index (χ3v) is 4.08. The van der Waals surface area contributed by atoms with Crippen molar-refractivity contribution in [2.45, 2.75) is 18.9 Å². The summed E-state index contributed by atoms with van der Waals surface area (Å²) in [6.07, 6.45) is 3.04. The van der Waals surface area contributed by atoms with Crippen molar-refractivity contribution in [2.24, 2.45) is 0 Å². The largest absolute Gasteiger partial charge is 0.368 e. The third-order valence-electron chi connectivity index (χ3n) is 3.39. The normalized spacial score (nSPS) is 17.2. The maximum Gasteiger partial charge on any atom is 0.254 e. The van der Waals surface area contributed by atoms with E-state index >= 15 is 0 Å². The topological polar surface area (TPSA) is 63.2 Å². The molecule has 2 heterocycles. The van der Waals surface area contributed by atoms with Crippen molar-refractivity contribution in [2.75, 3.05) is 17.2 Å². The molecule has 1 aliphatic rings. The molecule has 1 aromatic carbocycles. The molecule has 2 aromatic rings. The second-order valence-electron chi connectivity index (χ2n) is 5.03. The first-order chi connectivity index (χ1) is 10.7. The van der Waals surface area contributed by atoms with Crippen molar-refractivity contribution in [3.8, 4) is 0 Å². The van der Waals surface area contributed by atoms with Crippen LogP contribution in [0.5, 0.6) is 0 Å². The highest BCUT2D eigenvalue weighted by Gasteiger charge is 2.23. The lowest BCUT2D eigenvalue weighted by atomic mass is 10.2. The Morgan fingerprint density at radius 3 is 2.82 bits per heavy atom. The Kier molecular flexibility index (Phi) is 4.70. The number of ether oxygens (including phenoxy) is 1. The van der Waals surface area contributed by atoms with Crippen LogP contribution in [-0.2, 0) is 9.53 Å². The minimum Gasteiger partial charge on any atom is -0.368 e. The van der Waals surface area contributed by atoms with E-state index in [0.717, 1.165) is 28.7 Å². The lowest BCUT2D eigenvalue weighted by Crippen LogP contribution is -2.27. The van der Waals surface area contributed by atoms with Gasteiger partial charge in [-0.15, -0.1) is 0 Å². The fraction of sp³-hybridized carbons (Fsp3) is 0.250. The van der Waals surface area contributed by atoms with E-state index in [0.29, 0.717) is 12.4 Å². The van der Waals surface area contributed by atoms with Crippen LogP contribution in [0.3, 0.4) is 0 Å². The summed E-state index contributed by atoms with van der Waals surface area (Å²) in [7, 11) is 0. The van der Waals surface area contributed by atoms with Crippen LogP contribution in [0.4, 0.5) is 17.2 Å². The van der Waals surface area contributed by atoms with Gasteiger partial charge < -0.3 is 15.4 Å². The zero-order chi connectivity index (χ0) is 15.4. The van der Waals surface area contributed by atoms with Gasteiger partial charge in [-0.2, -0.15) is 0 Å². The minimum atomic E-state index is -0.347. The molecule has 0 aliphatic carbocycles. The fourth-order valence-corrected chi connectivity index (χ4v) is 2.63. The lowest BCUT2D eigenvalue weighted by Gasteiger charge is -2.11. The maximum atomic E-state index is 11.9. The summed E-state index contributed by atoms with van der Waals surface area (Å²) >= 11 is 3.48. The first-order valence-corrected chi connectivity index (χ1v) is 7.92. The van der Waals surface area contributed by atoms with Crippen LogP contribution in [0.25, 0.3) is 0 Å². The zero-order valence-electron chi connectivity index (χ0n) is 11.9. The molecule has 1 aromatic heterocycles. The quantitative estimate of drug-likeness (QED) is 0.871. The Morgan fingerprint density at radius 1 is 1.27 bits per heavy atom. The van der Waals surface area contributed by atoms with E-state index in [-0.39, 0.29) is 12.0 Å². The predicted molar refractivity (Wildman–Crippen MR) is 89.3 cm³/mol. The molecule has 0 bridgehead atoms. The highest BCUT2D eigenvalue weighted by atomic mass is 79.9. The third kappa shape index (κ3) is 3.64. The number of carbonyl (C=O) groups excluding carboxylic acids is 1. The van der Waals surface area contributed by atoms with Crippen LogP contribution < -0.4 is 10.6 Å². The Morgan fingerprint density at radius 2 is 2.14 bits per heavy atom. The number of benzene rings is 1. The van der Waals surface area contributed by atoms with E-state index in [1.165, 1.54) is 0 Å². The Balaban J connectivity index is 1.63. The number of para-hydroxylation sites is 1. The molecule has 1 saturated heterocycles. The molecule has 1 unspecified atom stereocenters. The predicted octanol–water partition coefficient (Wildman–Crippen LogP) is 3.71. The first-order valence-electron chi connectivity index (χ1n) is 7.12. The van der Waals surface area contributed by atoms with Gasteiger partial charge in [0.15, 0.2) is 0 Å². The number of hydrogen-bond donors (Lipinski definition) is 2. The smallest absolute Gasteiger partial charge is 0.254 e. The number of aromatic nitrogens is 1. The molecule has 0 radical (unpaired) electrons. The number of nitrogens with one attached hydrogen (secondary N) is 2. The van der Waals surface area contributed by atoms with Crippen molar-refractivity contribution in [1.29, 1.82) is 0 Å². The molecule has 22 heavy (non-hydrogen) atoms. The summed E-state index contributed by atoms with van der Waals surface area (Å²) in [5, 5.41) is 6.04. The van der Waals surface area contributed by atoms with Crippen molar-refractivity contribution in [3.05, 3.63) is 47.1 Å². The average molecular weight is 362 g/mol. The van der Waals surface area contributed by atoms with E-state index in [1.54, 1.807) is 12.3 Å². The van der Waals surface area contributed by atoms with Crippen LogP contribution in [0.2, 0.25) is 0 Å². The molecule has 114 valence electrons. The van der Waals surface area contributed by atoms with Crippen LogP contribution in [0, 0.1) is 0 Å². The van der Waals surface area contributed by atoms with Gasteiger partial charge >= 0.3 is 0 Å². The monoisotopic (exact) mass is 361 g/mol. The van der Waals surface area contributed by atoms with E-state index in [4.69, 9.17) is 4.74 Å². The first kappa shape index (κ1) is 15.0. The van der Waals surface area contributed by atoms with Crippen molar-refractivity contribution in [1.82, 2.24) is 4.98 Å². The Labute approximate surface area is 137 Å². The van der Waals surface area contributed by atoms with Crippen LogP contribution in [0.15, 0.2) is 47.1 Å². The molecule has 6 heteroatoms. The number of anilines is 3. The molecule has 0 saturated carbocycles. The number of amides is 1. The van der Waals surface area contributed by atoms with E-state index in [1.807, 2.05) is 30.3 Å². The number of halogens is 1. The van der Waals surface area contributed by atoms with Gasteiger partial charge in [-0.25, -0.2) is 4.98 Å². The molecule has 5 nitrogen and oxygen atoms in total. The summed E-state index contributed by atoms with van der Waals surface area (Å²) in [4.78, 5) is 16.2. The second-order valence-corrected chi connectivity index (χ2v) is 5.88. The summed E-state index contributed by atoms with van der Waals surface area (Å²) in [5.41, 5.74) is 1.81. The minimum absolute atomic E-state index is 0.128. The Bertz CT molecular complexity index is 655. The van der Waals surface area contributed by atoms with Gasteiger partial charge in [0.25, 0.3) is 5.91 Å². The van der Waals surface area contributed by atoms with E-state index in [9.17, 15) is 4.79 Å². The molecular weight excluding hydrogens is 346 g/mol. The maximum absolute atomic E-state index is 11.9. The number of carbonyl (C=O) groups is 1. The van der Waals surface area contributed by atoms with E-state index in [2.05, 4.69) is 31.5 Å². The summed E-state index contributed by atoms with van der Waals surface area (Å²) in [6.45, 7) is 0.653. The number of rotatable bonds is 4. The van der Waals surface area contributed by atoms with Crippen molar-refractivity contribution >= 4 is 39.0 Å². The highest BCUT2D eigenvalue weighted by Crippen LogP contribution is 2.25. The summed E-state index contributed by atoms with van der Waals surface area (Å²) < 4.78 is 6.32. The van der Waals surface area contributed by atoms with Gasteiger partial charge in [0.1, 0.15) is 11.9 Å². The Hall–Kier alpha value is -1.92. The number of nitrogens with zero attached hydrogens (tertiary/aromatic N) is 1. The molecule has 2 N–H and O–H groups in total. The summed E-state index contributed by atoms with van der Waals surface area (Å²) in [6, 6.07) is 11.5. The van der Waals surface area contributed by atoms with Crippen LogP contribution >= 0.6 is 15.9 Å². The molecular formula is C16H16BrN3O2. The summed E-state index contributed by atoms with van der Waals surface area (Å²) in [5.74, 6) is 0.398. The molecule has 1 aliphatic heterocycles. The van der Waals surface area contributed by atoms with Gasteiger partial charge in [0.2, 0.25) is 0 Å². The van der Waals surface area contributed by atoms with Gasteiger partial charge in [0, 0.05) is 11.1 Å². The van der Waals surface area contributed by atoms with Gasteiger partial charge in [-0.3, -0.25) is 4.79 Å². The number of pyridine rings is 1. The lowest BCUT2D eigenvalue weighted by molar-refractivity contribution is -0.124. The molecule has 1 atom stereocenters. The van der Waals surface area contributed by atoms with Gasteiger partial charge in [0.05, 0.1) is 17.6 Å². The molecule has 3 rings (SSSR count). The molecule has 1 fully saturated rings. The van der Waals surface area contributed by atoms with E-state index < -0.39 is 0 Å². The number of hydrogen-bond acceptors (Lipinski definition) is 4.